The summed E-state index contributed by atoms with van der Waals surface area (Å²) in [6.07, 6.45) is 7.26. The van der Waals surface area contributed by atoms with Gasteiger partial charge in [-0.05, 0) is 52.5 Å². The van der Waals surface area contributed by atoms with Crippen LogP contribution in [0.2, 0.25) is 0 Å². The molecular formula is C24H23BrN6OS. The standard InChI is InChI=1S/C24H23BrN6OS/c25-19-14-28-31-22(27-13-16-5-3-9-26-12-16)11-20(29-23(19)31)17-6-4-10-30(15-17)24(32)18-7-1-2-8-21(18)33/h1-3,5,7-9,11-12,14,17,27,33H,4,6,10,13,15H2. The van der Waals surface area contributed by atoms with Crippen molar-refractivity contribution in [2.75, 3.05) is 18.4 Å². The number of nitrogens with zero attached hydrogens (tertiary/aromatic N) is 5. The maximum absolute atomic E-state index is 13.2. The first-order chi connectivity index (χ1) is 16.1. The highest BCUT2D eigenvalue weighted by atomic mass is 79.9. The summed E-state index contributed by atoms with van der Waals surface area (Å²) in [5.41, 5.74) is 3.43. The first kappa shape index (κ1) is 21.9. The van der Waals surface area contributed by atoms with Gasteiger partial charge in [0.25, 0.3) is 5.91 Å². The lowest BCUT2D eigenvalue weighted by atomic mass is 9.94. The quantitative estimate of drug-likeness (QED) is 0.368. The van der Waals surface area contributed by atoms with E-state index in [2.05, 4.69) is 44.0 Å². The number of pyridine rings is 1. The van der Waals surface area contributed by atoms with Crippen molar-refractivity contribution in [3.8, 4) is 0 Å². The van der Waals surface area contributed by atoms with Gasteiger partial charge in [0.2, 0.25) is 0 Å². The Bertz CT molecular complexity index is 1290. The molecule has 3 aromatic heterocycles. The van der Waals surface area contributed by atoms with Gasteiger partial charge in [0.15, 0.2) is 5.65 Å². The molecule has 5 rings (SSSR count). The highest BCUT2D eigenvalue weighted by molar-refractivity contribution is 9.10. The van der Waals surface area contributed by atoms with Gasteiger partial charge in [0.1, 0.15) is 5.82 Å². The molecule has 0 saturated carbocycles. The van der Waals surface area contributed by atoms with Crippen molar-refractivity contribution in [1.29, 1.82) is 0 Å². The van der Waals surface area contributed by atoms with Crippen molar-refractivity contribution in [2.24, 2.45) is 0 Å². The zero-order valence-corrected chi connectivity index (χ0v) is 20.3. The van der Waals surface area contributed by atoms with Crippen molar-refractivity contribution in [2.45, 2.75) is 30.2 Å². The van der Waals surface area contributed by atoms with Gasteiger partial charge in [-0.15, -0.1) is 12.6 Å². The maximum Gasteiger partial charge on any atom is 0.255 e. The second-order valence-electron chi connectivity index (χ2n) is 8.12. The van der Waals surface area contributed by atoms with Crippen molar-refractivity contribution < 1.29 is 4.79 Å². The van der Waals surface area contributed by atoms with Gasteiger partial charge in [-0.1, -0.05) is 18.2 Å². The van der Waals surface area contributed by atoms with Crippen molar-refractivity contribution in [3.63, 3.8) is 0 Å². The monoisotopic (exact) mass is 522 g/mol. The SMILES string of the molecule is O=C(c1ccccc1S)N1CCCC(c2cc(NCc3cccnc3)n3ncc(Br)c3n2)C1. The lowest BCUT2D eigenvalue weighted by molar-refractivity contribution is 0.0702. The summed E-state index contributed by atoms with van der Waals surface area (Å²) >= 11 is 8.05. The van der Waals surface area contributed by atoms with Crippen LogP contribution in [-0.2, 0) is 6.54 Å². The zero-order valence-electron chi connectivity index (χ0n) is 17.9. The topological polar surface area (TPSA) is 75.4 Å². The van der Waals surface area contributed by atoms with Crippen LogP contribution in [0, 0.1) is 0 Å². The maximum atomic E-state index is 13.2. The Balaban J connectivity index is 1.42. The van der Waals surface area contributed by atoms with Crippen molar-refractivity contribution in [1.82, 2.24) is 24.5 Å². The van der Waals surface area contributed by atoms with E-state index in [1.807, 2.05) is 53.6 Å². The second kappa shape index (κ2) is 9.52. The van der Waals surface area contributed by atoms with Crippen molar-refractivity contribution in [3.05, 3.63) is 82.3 Å². The summed E-state index contributed by atoms with van der Waals surface area (Å²) in [6.45, 7) is 1.98. The molecule has 168 valence electrons. The van der Waals surface area contributed by atoms with Gasteiger partial charge >= 0.3 is 0 Å². The van der Waals surface area contributed by atoms with Crippen LogP contribution < -0.4 is 5.32 Å². The molecule has 7 nitrogen and oxygen atoms in total. The number of hydrogen-bond acceptors (Lipinski definition) is 6. The average molecular weight is 523 g/mol. The van der Waals surface area contributed by atoms with E-state index in [0.717, 1.165) is 46.6 Å². The third kappa shape index (κ3) is 4.60. The molecule has 1 atom stereocenters. The number of thiol groups is 1. The smallest absolute Gasteiger partial charge is 0.255 e. The first-order valence-electron chi connectivity index (χ1n) is 10.8. The highest BCUT2D eigenvalue weighted by Crippen LogP contribution is 2.31. The molecule has 1 aliphatic rings. The number of piperidine rings is 1. The van der Waals surface area contributed by atoms with Gasteiger partial charge in [-0.25, -0.2) is 4.98 Å². The van der Waals surface area contributed by atoms with Crippen LogP contribution in [0.25, 0.3) is 5.65 Å². The predicted molar refractivity (Wildman–Crippen MR) is 134 cm³/mol. The first-order valence-corrected chi connectivity index (χ1v) is 12.1. The zero-order chi connectivity index (χ0) is 22.8. The minimum Gasteiger partial charge on any atom is -0.366 e. The van der Waals surface area contributed by atoms with Gasteiger partial charge < -0.3 is 10.2 Å². The number of halogens is 1. The van der Waals surface area contributed by atoms with E-state index >= 15 is 0 Å². The Hall–Kier alpha value is -2.91. The Kier molecular flexibility index (Phi) is 6.32. The molecule has 1 N–H and O–H groups in total. The fraction of sp³-hybridized carbons (Fsp3) is 0.250. The molecule has 1 fully saturated rings. The molecule has 0 spiro atoms. The van der Waals surface area contributed by atoms with E-state index < -0.39 is 0 Å². The average Bonchev–Trinajstić information content (AvgIpc) is 3.24. The summed E-state index contributed by atoms with van der Waals surface area (Å²) in [5, 5.41) is 7.94. The molecule has 9 heteroatoms. The van der Waals surface area contributed by atoms with Crippen LogP contribution >= 0.6 is 28.6 Å². The summed E-state index contributed by atoms with van der Waals surface area (Å²) in [4.78, 5) is 24.9. The number of benzene rings is 1. The van der Waals surface area contributed by atoms with Gasteiger partial charge in [0.05, 0.1) is 21.9 Å². The number of aromatic nitrogens is 4. The van der Waals surface area contributed by atoms with E-state index in [1.165, 1.54) is 0 Å². The van der Waals surface area contributed by atoms with Crippen LogP contribution in [-0.4, -0.2) is 43.5 Å². The number of amides is 1. The molecule has 1 saturated heterocycles. The van der Waals surface area contributed by atoms with Crippen molar-refractivity contribution >= 4 is 45.9 Å². The Morgan fingerprint density at radius 2 is 2.09 bits per heavy atom. The molecule has 0 radical (unpaired) electrons. The van der Waals surface area contributed by atoms with E-state index in [1.54, 1.807) is 16.9 Å². The number of anilines is 1. The number of hydrogen-bond donors (Lipinski definition) is 2. The minimum absolute atomic E-state index is 0.0202. The van der Waals surface area contributed by atoms with Gasteiger partial charge in [-0.2, -0.15) is 9.61 Å². The lowest BCUT2D eigenvalue weighted by Crippen LogP contribution is -2.39. The fourth-order valence-electron chi connectivity index (χ4n) is 4.21. The van der Waals surface area contributed by atoms with E-state index in [9.17, 15) is 4.79 Å². The number of rotatable bonds is 5. The van der Waals surface area contributed by atoms with Crippen LogP contribution in [0.5, 0.6) is 0 Å². The van der Waals surface area contributed by atoms with Crippen LogP contribution in [0.15, 0.2) is 70.4 Å². The number of likely N-dealkylation sites (tertiary alicyclic amines) is 1. The largest absolute Gasteiger partial charge is 0.366 e. The normalized spacial score (nSPS) is 16.2. The molecule has 1 aliphatic heterocycles. The Morgan fingerprint density at radius 3 is 2.91 bits per heavy atom. The Labute approximate surface area is 205 Å². The summed E-state index contributed by atoms with van der Waals surface area (Å²) in [5.74, 6) is 1.01. The minimum atomic E-state index is 0.0202. The van der Waals surface area contributed by atoms with E-state index in [0.29, 0.717) is 23.5 Å². The lowest BCUT2D eigenvalue weighted by Gasteiger charge is -2.33. The second-order valence-corrected chi connectivity index (χ2v) is 9.45. The molecule has 0 bridgehead atoms. The number of carbonyl (C=O) groups is 1. The number of nitrogens with one attached hydrogen (secondary N) is 1. The third-order valence-corrected chi connectivity index (χ3v) is 6.86. The molecular weight excluding hydrogens is 500 g/mol. The summed E-state index contributed by atoms with van der Waals surface area (Å²) in [6, 6.07) is 13.5. The van der Waals surface area contributed by atoms with Crippen LogP contribution in [0.4, 0.5) is 5.82 Å². The molecule has 1 aromatic carbocycles. The van der Waals surface area contributed by atoms with Gasteiger partial charge in [0, 0.05) is 48.9 Å². The molecule has 4 heterocycles. The molecule has 1 unspecified atom stereocenters. The van der Waals surface area contributed by atoms with Crippen LogP contribution in [0.3, 0.4) is 0 Å². The summed E-state index contributed by atoms with van der Waals surface area (Å²) < 4.78 is 2.63. The number of carbonyl (C=O) groups excluding carboxylic acids is 1. The fourth-order valence-corrected chi connectivity index (χ4v) is 4.82. The van der Waals surface area contributed by atoms with E-state index in [-0.39, 0.29) is 11.8 Å². The van der Waals surface area contributed by atoms with E-state index in [4.69, 9.17) is 4.98 Å². The van der Waals surface area contributed by atoms with Crippen LogP contribution in [0.1, 0.15) is 40.4 Å². The third-order valence-electron chi connectivity index (χ3n) is 5.91. The summed E-state index contributed by atoms with van der Waals surface area (Å²) in [7, 11) is 0. The molecule has 0 aliphatic carbocycles. The predicted octanol–water partition coefficient (Wildman–Crippen LogP) is 4.81. The molecule has 1 amide bonds. The van der Waals surface area contributed by atoms with Gasteiger partial charge in [-0.3, -0.25) is 9.78 Å². The molecule has 33 heavy (non-hydrogen) atoms. The molecule has 4 aromatic rings. The highest BCUT2D eigenvalue weighted by Gasteiger charge is 2.28. The number of fused-ring (bicyclic) bond motifs is 1. The Morgan fingerprint density at radius 1 is 1.21 bits per heavy atom.